The van der Waals surface area contributed by atoms with Gasteiger partial charge >= 0.3 is 0 Å². The van der Waals surface area contributed by atoms with Crippen LogP contribution in [0.15, 0.2) is 41.3 Å². The molecule has 0 aliphatic carbocycles. The first-order valence-electron chi connectivity index (χ1n) is 6.33. The van der Waals surface area contributed by atoms with Gasteiger partial charge in [-0.1, -0.05) is 29.8 Å². The number of sulfonamides is 1. The van der Waals surface area contributed by atoms with Gasteiger partial charge < -0.3 is 5.11 Å². The summed E-state index contributed by atoms with van der Waals surface area (Å²) in [5.41, 5.74) is 2.37. The summed E-state index contributed by atoms with van der Waals surface area (Å²) in [6, 6.07) is 9.85. The summed E-state index contributed by atoms with van der Waals surface area (Å²) in [4.78, 5) is 0.147. The molecule has 0 aliphatic rings. The largest absolute Gasteiger partial charge is 0.392 e. The van der Waals surface area contributed by atoms with Crippen LogP contribution in [0.2, 0.25) is 5.02 Å². The normalized spacial score (nSPS) is 11.4. The minimum atomic E-state index is -3.74. The van der Waals surface area contributed by atoms with E-state index in [0.29, 0.717) is 21.8 Å². The first-order valence-corrected chi connectivity index (χ1v) is 8.19. The van der Waals surface area contributed by atoms with E-state index in [2.05, 4.69) is 4.72 Å². The molecule has 0 heterocycles. The molecule has 4 nitrogen and oxygen atoms in total. The molecule has 2 aromatic rings. The molecule has 2 N–H and O–H groups in total. The van der Waals surface area contributed by atoms with Gasteiger partial charge in [-0.2, -0.15) is 0 Å². The molecule has 0 spiro atoms. The first-order chi connectivity index (χ1) is 9.83. The molecular weight excluding hydrogens is 310 g/mol. The van der Waals surface area contributed by atoms with Gasteiger partial charge in [0.05, 0.1) is 17.2 Å². The zero-order valence-corrected chi connectivity index (χ0v) is 13.3. The van der Waals surface area contributed by atoms with Crippen molar-refractivity contribution in [3.05, 3.63) is 58.1 Å². The predicted molar refractivity (Wildman–Crippen MR) is 84.1 cm³/mol. The van der Waals surface area contributed by atoms with Crippen LogP contribution in [0.5, 0.6) is 0 Å². The number of benzene rings is 2. The molecule has 0 aromatic heterocycles. The third-order valence-electron chi connectivity index (χ3n) is 3.17. The highest BCUT2D eigenvalue weighted by molar-refractivity contribution is 7.92. The number of aryl methyl sites for hydroxylation is 2. The second kappa shape index (κ2) is 6.05. The highest BCUT2D eigenvalue weighted by atomic mass is 35.5. The fourth-order valence-electron chi connectivity index (χ4n) is 1.94. The molecule has 0 atom stereocenters. The van der Waals surface area contributed by atoms with Crippen molar-refractivity contribution in [3.63, 3.8) is 0 Å². The van der Waals surface area contributed by atoms with Gasteiger partial charge in [0.25, 0.3) is 10.0 Å². The van der Waals surface area contributed by atoms with Gasteiger partial charge in [0, 0.05) is 5.02 Å². The molecule has 0 fully saturated rings. The molecule has 0 saturated heterocycles. The standard InChI is InChI=1S/C15H16ClNO3S/c1-10-4-6-13(16)8-14(10)17-21(19,20)15-7-12(9-18)5-3-11(15)2/h3-8,17-18H,9H2,1-2H3. The lowest BCUT2D eigenvalue weighted by Gasteiger charge is -2.13. The molecule has 2 aromatic carbocycles. The summed E-state index contributed by atoms with van der Waals surface area (Å²) < 4.78 is 27.6. The lowest BCUT2D eigenvalue weighted by molar-refractivity contribution is 0.281. The van der Waals surface area contributed by atoms with Crippen LogP contribution >= 0.6 is 11.6 Å². The quantitative estimate of drug-likeness (QED) is 0.906. The molecular formula is C15H16ClNO3S. The maximum atomic E-state index is 12.5. The van der Waals surface area contributed by atoms with Gasteiger partial charge in [-0.3, -0.25) is 4.72 Å². The number of rotatable bonds is 4. The summed E-state index contributed by atoms with van der Waals surface area (Å²) in [7, 11) is -3.74. The second-order valence-electron chi connectivity index (χ2n) is 4.82. The zero-order valence-electron chi connectivity index (χ0n) is 11.7. The van der Waals surface area contributed by atoms with Gasteiger partial charge in [-0.15, -0.1) is 0 Å². The Morgan fingerprint density at radius 3 is 2.43 bits per heavy atom. The van der Waals surface area contributed by atoms with Crippen molar-refractivity contribution in [2.24, 2.45) is 0 Å². The molecule has 6 heteroatoms. The molecule has 0 unspecified atom stereocenters. The number of nitrogens with one attached hydrogen (secondary N) is 1. The van der Waals surface area contributed by atoms with Gasteiger partial charge in [0.15, 0.2) is 0 Å². The van der Waals surface area contributed by atoms with E-state index in [4.69, 9.17) is 16.7 Å². The van der Waals surface area contributed by atoms with Crippen LogP contribution in [0.4, 0.5) is 5.69 Å². The Balaban J connectivity index is 2.45. The summed E-state index contributed by atoms with van der Waals surface area (Å²) in [6.45, 7) is 3.30. The Kier molecular flexibility index (Phi) is 4.56. The Morgan fingerprint density at radius 2 is 1.76 bits per heavy atom. The first kappa shape index (κ1) is 15.8. The number of aliphatic hydroxyl groups excluding tert-OH is 1. The fraction of sp³-hybridized carbons (Fsp3) is 0.200. The molecule has 0 amide bonds. The Bertz CT molecular complexity index is 772. The van der Waals surface area contributed by atoms with Crippen LogP contribution in [0, 0.1) is 13.8 Å². The van der Waals surface area contributed by atoms with E-state index in [1.54, 1.807) is 44.2 Å². The van der Waals surface area contributed by atoms with Crippen LogP contribution < -0.4 is 4.72 Å². The summed E-state index contributed by atoms with van der Waals surface area (Å²) in [5, 5.41) is 9.61. The van der Waals surface area contributed by atoms with Crippen molar-refractivity contribution >= 4 is 27.3 Å². The van der Waals surface area contributed by atoms with Gasteiger partial charge in [0.2, 0.25) is 0 Å². The molecule has 0 radical (unpaired) electrons. The van der Waals surface area contributed by atoms with Crippen LogP contribution in [0.1, 0.15) is 16.7 Å². The van der Waals surface area contributed by atoms with Gasteiger partial charge in [-0.25, -0.2) is 8.42 Å². The molecule has 2 rings (SSSR count). The van der Waals surface area contributed by atoms with E-state index in [9.17, 15) is 8.42 Å². The second-order valence-corrected chi connectivity index (χ2v) is 6.91. The van der Waals surface area contributed by atoms with Crippen molar-refractivity contribution in [2.75, 3.05) is 4.72 Å². The van der Waals surface area contributed by atoms with Gasteiger partial charge in [0.1, 0.15) is 0 Å². The average Bonchev–Trinajstić information content (AvgIpc) is 2.43. The highest BCUT2D eigenvalue weighted by Crippen LogP contribution is 2.25. The number of halogens is 1. The Morgan fingerprint density at radius 1 is 1.10 bits per heavy atom. The summed E-state index contributed by atoms with van der Waals surface area (Å²) in [6.07, 6.45) is 0. The van der Waals surface area contributed by atoms with E-state index >= 15 is 0 Å². The highest BCUT2D eigenvalue weighted by Gasteiger charge is 2.18. The number of hydrogen-bond acceptors (Lipinski definition) is 3. The van der Waals surface area contributed by atoms with Crippen LogP contribution in [-0.4, -0.2) is 13.5 Å². The van der Waals surface area contributed by atoms with Gasteiger partial charge in [-0.05, 0) is 48.7 Å². The molecule has 112 valence electrons. The molecule has 0 saturated carbocycles. The predicted octanol–water partition coefficient (Wildman–Crippen LogP) is 3.25. The van der Waals surface area contributed by atoms with E-state index < -0.39 is 10.0 Å². The van der Waals surface area contributed by atoms with Crippen LogP contribution in [-0.2, 0) is 16.6 Å². The average molecular weight is 326 g/mol. The maximum Gasteiger partial charge on any atom is 0.262 e. The Hall–Kier alpha value is -1.56. The molecule has 0 aliphatic heterocycles. The fourth-order valence-corrected chi connectivity index (χ4v) is 3.53. The Labute approximate surface area is 129 Å². The smallest absolute Gasteiger partial charge is 0.262 e. The third-order valence-corrected chi connectivity index (χ3v) is 4.91. The van der Waals surface area contributed by atoms with Crippen molar-refractivity contribution in [3.8, 4) is 0 Å². The lowest BCUT2D eigenvalue weighted by atomic mass is 10.2. The number of hydrogen-bond donors (Lipinski definition) is 2. The van der Waals surface area contributed by atoms with Crippen molar-refractivity contribution in [1.29, 1.82) is 0 Å². The van der Waals surface area contributed by atoms with E-state index in [1.165, 1.54) is 6.07 Å². The maximum absolute atomic E-state index is 12.5. The topological polar surface area (TPSA) is 66.4 Å². The van der Waals surface area contributed by atoms with E-state index in [-0.39, 0.29) is 11.5 Å². The molecule has 0 bridgehead atoms. The minimum absolute atomic E-state index is 0.147. The minimum Gasteiger partial charge on any atom is -0.392 e. The zero-order chi connectivity index (χ0) is 15.6. The third kappa shape index (κ3) is 3.56. The van der Waals surface area contributed by atoms with Crippen molar-refractivity contribution in [2.45, 2.75) is 25.3 Å². The van der Waals surface area contributed by atoms with Crippen molar-refractivity contribution in [1.82, 2.24) is 0 Å². The van der Waals surface area contributed by atoms with Crippen LogP contribution in [0.25, 0.3) is 0 Å². The summed E-state index contributed by atoms with van der Waals surface area (Å²) in [5.74, 6) is 0. The lowest BCUT2D eigenvalue weighted by Crippen LogP contribution is -2.15. The monoisotopic (exact) mass is 325 g/mol. The van der Waals surface area contributed by atoms with Crippen LogP contribution in [0.3, 0.4) is 0 Å². The number of anilines is 1. The van der Waals surface area contributed by atoms with E-state index in [0.717, 1.165) is 5.56 Å². The van der Waals surface area contributed by atoms with E-state index in [1.807, 2.05) is 0 Å². The number of aliphatic hydroxyl groups is 1. The van der Waals surface area contributed by atoms with Crippen molar-refractivity contribution < 1.29 is 13.5 Å². The summed E-state index contributed by atoms with van der Waals surface area (Å²) >= 11 is 5.90. The molecule has 21 heavy (non-hydrogen) atoms. The SMILES string of the molecule is Cc1ccc(Cl)cc1NS(=O)(=O)c1cc(CO)ccc1C.